The van der Waals surface area contributed by atoms with E-state index in [-0.39, 0.29) is 18.9 Å². The first-order chi connectivity index (χ1) is 28.5. The van der Waals surface area contributed by atoms with E-state index in [1.165, 1.54) is 83.5 Å². The largest absolute Gasteiger partial charge is 0.756 e. The second-order valence-corrected chi connectivity index (χ2v) is 17.8. The van der Waals surface area contributed by atoms with Gasteiger partial charge in [0.25, 0.3) is 7.82 Å². The Morgan fingerprint density at radius 3 is 1.54 bits per heavy atom. The number of likely N-dealkylation sites (N-methyl/N-ethyl adjacent to an activating group) is 1. The predicted octanol–water partition coefficient (Wildman–Crippen LogP) is 12.5. The lowest BCUT2D eigenvalue weighted by Gasteiger charge is -2.29. The summed E-state index contributed by atoms with van der Waals surface area (Å²) in [5.41, 5.74) is 0. The van der Waals surface area contributed by atoms with E-state index >= 15 is 0 Å². The third kappa shape index (κ3) is 43.3. The van der Waals surface area contributed by atoms with Crippen molar-refractivity contribution in [2.24, 2.45) is 0 Å². The molecule has 0 aromatic heterocycles. The van der Waals surface area contributed by atoms with Crippen LogP contribution in [0.2, 0.25) is 0 Å². The molecule has 338 valence electrons. The molecule has 0 aromatic carbocycles. The number of quaternary nitrogens is 1. The number of phosphoric ester groups is 1. The van der Waals surface area contributed by atoms with Crippen molar-refractivity contribution in [3.05, 3.63) is 97.2 Å². The van der Waals surface area contributed by atoms with Gasteiger partial charge < -0.3 is 28.8 Å². The zero-order chi connectivity index (χ0) is 43.6. The quantitative estimate of drug-likeness (QED) is 0.0275. The van der Waals surface area contributed by atoms with Gasteiger partial charge in [0.15, 0.2) is 0 Å². The van der Waals surface area contributed by atoms with E-state index < -0.39 is 26.6 Å². The van der Waals surface area contributed by atoms with Crippen LogP contribution in [0.1, 0.15) is 162 Å². The van der Waals surface area contributed by atoms with Crippen molar-refractivity contribution >= 4 is 13.7 Å². The zero-order valence-electron chi connectivity index (χ0n) is 38.2. The van der Waals surface area contributed by atoms with Crippen LogP contribution in [0, 0.1) is 0 Å². The SMILES string of the molecule is CC/C=C\C/C=C\C/C=C\C/C=C\C/C=C\CC(=O)NC(COP(=O)([O-])OCC[N+](C)(C)C)C(O)/C=C/CC/C=C/CC/C=C/CCCCCCCCCCCCCC. The summed E-state index contributed by atoms with van der Waals surface area (Å²) in [6, 6.07) is -0.969. The summed E-state index contributed by atoms with van der Waals surface area (Å²) in [4.78, 5) is 25.2. The molecule has 2 N–H and O–H groups in total. The van der Waals surface area contributed by atoms with Crippen molar-refractivity contribution in [1.82, 2.24) is 5.32 Å². The Kier molecular flexibility index (Phi) is 39.0. The number of aliphatic hydroxyl groups is 1. The highest BCUT2D eigenvalue weighted by Gasteiger charge is 2.22. The molecule has 0 aromatic rings. The number of rotatable bonds is 40. The number of nitrogens with zero attached hydrogens (tertiary/aromatic N) is 1. The van der Waals surface area contributed by atoms with Crippen LogP contribution in [0.5, 0.6) is 0 Å². The summed E-state index contributed by atoms with van der Waals surface area (Å²) in [6.07, 6.45) is 57.9. The Morgan fingerprint density at radius 1 is 0.610 bits per heavy atom. The summed E-state index contributed by atoms with van der Waals surface area (Å²) < 4.78 is 23.1. The molecule has 0 rings (SSSR count). The third-order valence-electron chi connectivity index (χ3n) is 9.53. The number of carbonyl (C=O) groups is 1. The molecule has 0 heterocycles. The number of phosphoric acid groups is 1. The Balaban J connectivity index is 4.59. The molecule has 0 saturated carbocycles. The summed E-state index contributed by atoms with van der Waals surface area (Å²) >= 11 is 0. The fourth-order valence-electron chi connectivity index (χ4n) is 5.90. The van der Waals surface area contributed by atoms with Crippen LogP contribution in [0.15, 0.2) is 97.2 Å². The van der Waals surface area contributed by atoms with Crippen molar-refractivity contribution in [2.75, 3.05) is 40.9 Å². The minimum Gasteiger partial charge on any atom is -0.756 e. The van der Waals surface area contributed by atoms with Gasteiger partial charge in [-0.2, -0.15) is 0 Å². The zero-order valence-corrected chi connectivity index (χ0v) is 39.1. The first-order valence-corrected chi connectivity index (χ1v) is 24.6. The standard InChI is InChI=1S/C50H87N2O6P/c1-6-8-10-12-14-16-18-20-22-23-24-25-26-27-28-30-31-33-35-37-39-41-43-49(53)48(47-58-59(55,56)57-46-45-52(3,4)5)51-50(54)44-42-40-38-36-34-32-29-21-19-17-15-13-11-9-7-2/h9,11,15,17,21,27-29,33-36,40-43,48-49,53H,6-8,10,12-14,16,18-20,22-26,30-32,37-39,44-47H2,1-5H3,(H-,51,54,55,56)/b11-9-,17-15-,28-27+,29-21-,35-33+,36-34-,42-40-,43-41+. The highest BCUT2D eigenvalue weighted by Crippen LogP contribution is 2.38. The number of carbonyl (C=O) groups excluding carboxylic acids is 1. The van der Waals surface area contributed by atoms with E-state index in [0.29, 0.717) is 23.9 Å². The fraction of sp³-hybridized carbons (Fsp3) is 0.660. The van der Waals surface area contributed by atoms with E-state index in [1.807, 2.05) is 39.4 Å². The molecule has 8 nitrogen and oxygen atoms in total. The molecule has 3 unspecified atom stereocenters. The number of allylic oxidation sites excluding steroid dienone is 14. The smallest absolute Gasteiger partial charge is 0.268 e. The Morgan fingerprint density at radius 2 is 1.05 bits per heavy atom. The molecule has 3 atom stereocenters. The number of hydrogen-bond acceptors (Lipinski definition) is 6. The van der Waals surface area contributed by atoms with Crippen LogP contribution in [0.4, 0.5) is 0 Å². The summed E-state index contributed by atoms with van der Waals surface area (Å²) in [6.45, 7) is 4.40. The van der Waals surface area contributed by atoms with Gasteiger partial charge in [-0.1, -0.05) is 182 Å². The number of unbranched alkanes of at least 4 members (excludes halogenated alkanes) is 14. The van der Waals surface area contributed by atoms with Gasteiger partial charge in [-0.05, 0) is 70.6 Å². The van der Waals surface area contributed by atoms with Crippen LogP contribution in [-0.4, -0.2) is 68.5 Å². The van der Waals surface area contributed by atoms with Gasteiger partial charge in [0.05, 0.1) is 39.9 Å². The first-order valence-electron chi connectivity index (χ1n) is 23.1. The van der Waals surface area contributed by atoms with Gasteiger partial charge >= 0.3 is 0 Å². The molecule has 0 aliphatic carbocycles. The molecule has 0 spiro atoms. The van der Waals surface area contributed by atoms with E-state index in [0.717, 1.165) is 44.9 Å². The van der Waals surface area contributed by atoms with Gasteiger partial charge in [-0.25, -0.2) is 0 Å². The van der Waals surface area contributed by atoms with Crippen molar-refractivity contribution < 1.29 is 32.9 Å². The van der Waals surface area contributed by atoms with Gasteiger partial charge in [-0.3, -0.25) is 9.36 Å². The predicted molar refractivity (Wildman–Crippen MR) is 251 cm³/mol. The molecule has 0 fully saturated rings. The van der Waals surface area contributed by atoms with Crippen LogP contribution in [0.25, 0.3) is 0 Å². The lowest BCUT2D eigenvalue weighted by Crippen LogP contribution is -2.45. The minimum atomic E-state index is -4.63. The van der Waals surface area contributed by atoms with Crippen LogP contribution in [0.3, 0.4) is 0 Å². The minimum absolute atomic E-state index is 0.0306. The highest BCUT2D eigenvalue weighted by molar-refractivity contribution is 7.45. The van der Waals surface area contributed by atoms with Gasteiger partial charge in [-0.15, -0.1) is 0 Å². The van der Waals surface area contributed by atoms with Crippen LogP contribution in [-0.2, 0) is 18.4 Å². The Hall–Kier alpha value is -2.58. The van der Waals surface area contributed by atoms with E-state index in [1.54, 1.807) is 12.2 Å². The third-order valence-corrected chi connectivity index (χ3v) is 10.5. The average molecular weight is 843 g/mol. The van der Waals surface area contributed by atoms with E-state index in [4.69, 9.17) is 9.05 Å². The number of nitrogens with one attached hydrogen (secondary N) is 1. The average Bonchev–Trinajstić information content (AvgIpc) is 3.19. The van der Waals surface area contributed by atoms with E-state index in [9.17, 15) is 19.4 Å². The maximum absolute atomic E-state index is 12.8. The fourth-order valence-corrected chi connectivity index (χ4v) is 6.62. The van der Waals surface area contributed by atoms with Crippen LogP contribution < -0.4 is 10.2 Å². The summed E-state index contributed by atoms with van der Waals surface area (Å²) in [5.74, 6) is -0.342. The van der Waals surface area contributed by atoms with Gasteiger partial charge in [0.2, 0.25) is 5.91 Å². The highest BCUT2D eigenvalue weighted by atomic mass is 31.2. The van der Waals surface area contributed by atoms with Gasteiger partial charge in [0, 0.05) is 6.42 Å². The molecule has 1 amide bonds. The first kappa shape index (κ1) is 56.4. The number of hydrogen-bond donors (Lipinski definition) is 2. The molecule has 0 bridgehead atoms. The molecule has 0 aliphatic heterocycles. The maximum Gasteiger partial charge on any atom is 0.268 e. The number of amides is 1. The second-order valence-electron chi connectivity index (χ2n) is 16.4. The van der Waals surface area contributed by atoms with Crippen molar-refractivity contribution in [3.8, 4) is 0 Å². The lowest BCUT2D eigenvalue weighted by atomic mass is 10.0. The Labute approximate surface area is 362 Å². The molecule has 0 aliphatic rings. The summed E-state index contributed by atoms with van der Waals surface area (Å²) in [5, 5.41) is 13.7. The molecular weight excluding hydrogens is 756 g/mol. The maximum atomic E-state index is 12.8. The van der Waals surface area contributed by atoms with Crippen molar-refractivity contribution in [3.63, 3.8) is 0 Å². The van der Waals surface area contributed by atoms with Crippen molar-refractivity contribution in [1.29, 1.82) is 0 Å². The Bertz CT molecular complexity index is 1280. The topological polar surface area (TPSA) is 108 Å². The molecule has 0 radical (unpaired) electrons. The summed E-state index contributed by atoms with van der Waals surface area (Å²) in [7, 11) is 1.16. The molecular formula is C50H87N2O6P. The molecule has 9 heteroatoms. The lowest BCUT2D eigenvalue weighted by molar-refractivity contribution is -0.870. The molecule has 59 heavy (non-hydrogen) atoms. The monoisotopic (exact) mass is 843 g/mol. The van der Waals surface area contributed by atoms with Crippen LogP contribution >= 0.6 is 7.82 Å². The molecule has 0 saturated heterocycles. The number of aliphatic hydroxyl groups excluding tert-OH is 1. The normalized spacial score (nSPS) is 15.2. The second kappa shape index (κ2) is 40.8. The van der Waals surface area contributed by atoms with E-state index in [2.05, 4.69) is 86.0 Å². The van der Waals surface area contributed by atoms with Crippen molar-refractivity contribution in [2.45, 2.75) is 174 Å². The van der Waals surface area contributed by atoms with Gasteiger partial charge in [0.1, 0.15) is 13.2 Å².